The van der Waals surface area contributed by atoms with Crippen molar-refractivity contribution in [3.05, 3.63) is 81.8 Å². The van der Waals surface area contributed by atoms with Crippen molar-refractivity contribution in [2.75, 3.05) is 0 Å². The first-order chi connectivity index (χ1) is 14.1. The van der Waals surface area contributed by atoms with Gasteiger partial charge in [0.1, 0.15) is 0 Å². The zero-order valence-corrected chi connectivity index (χ0v) is 16.8. The fraction of sp³-hybridized carbons (Fsp3) is 0.333. The highest BCUT2D eigenvalue weighted by molar-refractivity contribution is 5.97. The minimum absolute atomic E-state index is 0.0577. The van der Waals surface area contributed by atoms with Gasteiger partial charge < -0.3 is 4.98 Å². The van der Waals surface area contributed by atoms with Gasteiger partial charge in [-0.15, -0.1) is 0 Å². The predicted molar refractivity (Wildman–Crippen MR) is 113 cm³/mol. The Labute approximate surface area is 170 Å². The summed E-state index contributed by atoms with van der Waals surface area (Å²) in [6.07, 6.45) is 10.5. The highest BCUT2D eigenvalue weighted by atomic mass is 16.1. The normalized spacial score (nSPS) is 14.6. The molecule has 0 saturated heterocycles. The number of aryl methyl sites for hydroxylation is 2. The van der Waals surface area contributed by atoms with Crippen LogP contribution in [0.15, 0.2) is 53.8 Å². The number of nitrogens with zero attached hydrogens (tertiary/aromatic N) is 2. The Morgan fingerprint density at radius 3 is 2.72 bits per heavy atom. The molecule has 5 nitrogen and oxygen atoms in total. The summed E-state index contributed by atoms with van der Waals surface area (Å²) in [5, 5.41) is 0. The van der Waals surface area contributed by atoms with Crippen LogP contribution >= 0.6 is 0 Å². The monoisotopic (exact) mass is 387 g/mol. The predicted octanol–water partition coefficient (Wildman–Crippen LogP) is 4.47. The van der Waals surface area contributed by atoms with Crippen LogP contribution in [-0.4, -0.2) is 20.7 Å². The van der Waals surface area contributed by atoms with E-state index in [1.54, 1.807) is 18.6 Å². The van der Waals surface area contributed by atoms with Gasteiger partial charge in [-0.2, -0.15) is 0 Å². The van der Waals surface area contributed by atoms with Gasteiger partial charge >= 0.3 is 0 Å². The summed E-state index contributed by atoms with van der Waals surface area (Å²) in [5.41, 5.74) is 4.96. The number of hydrogen-bond acceptors (Lipinski definition) is 4. The van der Waals surface area contributed by atoms with Gasteiger partial charge in [-0.25, -0.2) is 0 Å². The van der Waals surface area contributed by atoms with Gasteiger partial charge in [-0.05, 0) is 61.8 Å². The Morgan fingerprint density at radius 2 is 2.03 bits per heavy atom. The van der Waals surface area contributed by atoms with Crippen molar-refractivity contribution < 1.29 is 4.79 Å². The number of hydrogen-bond donors (Lipinski definition) is 1. The quantitative estimate of drug-likeness (QED) is 0.607. The smallest absolute Gasteiger partial charge is 0.251 e. The molecule has 1 saturated carbocycles. The van der Waals surface area contributed by atoms with Crippen molar-refractivity contribution in [2.45, 2.75) is 45.4 Å². The number of rotatable bonds is 7. The minimum Gasteiger partial charge on any atom is -0.326 e. The fourth-order valence-corrected chi connectivity index (χ4v) is 3.94. The first-order valence-corrected chi connectivity index (χ1v) is 10.2. The van der Waals surface area contributed by atoms with E-state index in [9.17, 15) is 9.59 Å². The zero-order valence-electron chi connectivity index (χ0n) is 16.8. The van der Waals surface area contributed by atoms with Crippen LogP contribution in [0.4, 0.5) is 0 Å². The van der Waals surface area contributed by atoms with E-state index in [1.165, 1.54) is 12.8 Å². The van der Waals surface area contributed by atoms with Crippen LogP contribution < -0.4 is 5.56 Å². The number of carbonyl (C=O) groups excluding carboxylic acids is 1. The van der Waals surface area contributed by atoms with Crippen molar-refractivity contribution >= 4 is 5.78 Å². The third-order valence-electron chi connectivity index (χ3n) is 5.78. The zero-order chi connectivity index (χ0) is 20.4. The third kappa shape index (κ3) is 4.19. The topological polar surface area (TPSA) is 75.7 Å². The SMILES string of the molecule is CCc1cc(-c2cncc(C(=O)CC(c3cccnc3)C3CC3)c2)c(C)[nH]c1=O. The van der Waals surface area contributed by atoms with Crippen LogP contribution in [0.5, 0.6) is 0 Å². The molecule has 0 aliphatic heterocycles. The minimum atomic E-state index is -0.0577. The molecule has 0 amide bonds. The molecule has 3 heterocycles. The molecule has 3 aromatic rings. The first kappa shape index (κ1) is 19.2. The maximum absolute atomic E-state index is 13.1. The highest BCUT2D eigenvalue weighted by Gasteiger charge is 2.34. The van der Waals surface area contributed by atoms with Gasteiger partial charge in [-0.3, -0.25) is 19.6 Å². The molecular formula is C24H25N3O2. The lowest BCUT2D eigenvalue weighted by Crippen LogP contribution is -2.14. The van der Waals surface area contributed by atoms with Gasteiger partial charge in [0.05, 0.1) is 0 Å². The summed E-state index contributed by atoms with van der Waals surface area (Å²) in [6.45, 7) is 3.83. The Bertz CT molecular complexity index is 1080. The number of pyridine rings is 3. The average Bonchev–Trinajstić information content (AvgIpc) is 3.58. The second-order valence-electron chi connectivity index (χ2n) is 7.84. The first-order valence-electron chi connectivity index (χ1n) is 10.2. The summed E-state index contributed by atoms with van der Waals surface area (Å²) >= 11 is 0. The van der Waals surface area contributed by atoms with Crippen LogP contribution in [0.25, 0.3) is 11.1 Å². The van der Waals surface area contributed by atoms with Gasteiger partial charge in [0, 0.05) is 59.2 Å². The number of carbonyl (C=O) groups is 1. The van der Waals surface area contributed by atoms with Gasteiger partial charge in [0.25, 0.3) is 5.56 Å². The van der Waals surface area contributed by atoms with E-state index in [4.69, 9.17) is 0 Å². The molecule has 3 aromatic heterocycles. The van der Waals surface area contributed by atoms with Gasteiger partial charge in [0.15, 0.2) is 5.78 Å². The number of H-pyrrole nitrogens is 1. The number of Topliss-reactive ketones (excluding diaryl/α,β-unsaturated/α-hetero) is 1. The second kappa shape index (κ2) is 8.11. The molecule has 5 heteroatoms. The molecule has 0 spiro atoms. The molecule has 1 unspecified atom stereocenters. The maximum Gasteiger partial charge on any atom is 0.251 e. The molecular weight excluding hydrogens is 362 g/mol. The summed E-state index contributed by atoms with van der Waals surface area (Å²) in [7, 11) is 0. The van der Waals surface area contributed by atoms with E-state index in [0.29, 0.717) is 24.3 Å². The van der Waals surface area contributed by atoms with E-state index >= 15 is 0 Å². The van der Waals surface area contributed by atoms with Crippen LogP contribution in [0, 0.1) is 12.8 Å². The van der Waals surface area contributed by atoms with Crippen LogP contribution in [0.3, 0.4) is 0 Å². The van der Waals surface area contributed by atoms with Crippen molar-refractivity contribution in [1.29, 1.82) is 0 Å². The van der Waals surface area contributed by atoms with Gasteiger partial charge in [0.2, 0.25) is 0 Å². The van der Waals surface area contributed by atoms with E-state index in [2.05, 4.69) is 21.0 Å². The largest absolute Gasteiger partial charge is 0.326 e. The Morgan fingerprint density at radius 1 is 1.21 bits per heavy atom. The molecule has 1 fully saturated rings. The standard InChI is InChI=1S/C24H25N3O2/c1-3-16-10-21(15(2)27-24(16)29)19-9-20(14-26-13-19)23(28)11-22(17-6-7-17)18-5-4-8-25-12-18/h4-5,8-10,12-14,17,22H,3,6-7,11H2,1-2H3,(H,27,29). The van der Waals surface area contributed by atoms with Crippen molar-refractivity contribution in [2.24, 2.45) is 5.92 Å². The number of aromatic amines is 1. The summed E-state index contributed by atoms with van der Waals surface area (Å²) in [6, 6.07) is 7.79. The molecule has 1 N–H and O–H groups in total. The van der Waals surface area contributed by atoms with Gasteiger partial charge in [-0.1, -0.05) is 13.0 Å². The molecule has 0 radical (unpaired) electrons. The fourth-order valence-electron chi connectivity index (χ4n) is 3.94. The van der Waals surface area contributed by atoms with Crippen LogP contribution in [-0.2, 0) is 6.42 Å². The highest BCUT2D eigenvalue weighted by Crippen LogP contribution is 2.44. The second-order valence-corrected chi connectivity index (χ2v) is 7.84. The van der Waals surface area contributed by atoms with Crippen molar-refractivity contribution in [1.82, 2.24) is 15.0 Å². The van der Waals surface area contributed by atoms with Crippen LogP contribution in [0.1, 0.15) is 59.3 Å². The Hall–Kier alpha value is -3.08. The number of nitrogens with one attached hydrogen (secondary N) is 1. The average molecular weight is 387 g/mol. The molecule has 29 heavy (non-hydrogen) atoms. The van der Waals surface area contributed by atoms with E-state index < -0.39 is 0 Å². The molecule has 0 bridgehead atoms. The number of ketones is 1. The molecule has 1 aliphatic rings. The summed E-state index contributed by atoms with van der Waals surface area (Å²) in [4.78, 5) is 36.6. The maximum atomic E-state index is 13.1. The van der Waals surface area contributed by atoms with Crippen molar-refractivity contribution in [3.8, 4) is 11.1 Å². The number of aromatic nitrogens is 3. The molecule has 1 aliphatic carbocycles. The Kier molecular flexibility index (Phi) is 5.38. The third-order valence-corrected chi connectivity index (χ3v) is 5.78. The van der Waals surface area contributed by atoms with E-state index in [-0.39, 0.29) is 17.3 Å². The molecule has 1 atom stereocenters. The summed E-state index contributed by atoms with van der Waals surface area (Å²) < 4.78 is 0. The Balaban J connectivity index is 1.62. The molecule has 4 rings (SSSR count). The van der Waals surface area contributed by atoms with Crippen LogP contribution in [0.2, 0.25) is 0 Å². The van der Waals surface area contributed by atoms with E-state index in [1.807, 2.05) is 38.2 Å². The van der Waals surface area contributed by atoms with Crippen molar-refractivity contribution in [3.63, 3.8) is 0 Å². The lowest BCUT2D eigenvalue weighted by molar-refractivity contribution is 0.0970. The lowest BCUT2D eigenvalue weighted by Gasteiger charge is -2.16. The molecule has 0 aromatic carbocycles. The summed E-state index contributed by atoms with van der Waals surface area (Å²) in [5.74, 6) is 0.868. The molecule has 148 valence electrons. The van der Waals surface area contributed by atoms with E-state index in [0.717, 1.165) is 27.9 Å². The lowest BCUT2D eigenvalue weighted by atomic mass is 9.88.